The Labute approximate surface area is 158 Å². The lowest BCUT2D eigenvalue weighted by Crippen LogP contribution is -2.52. The number of nitrogens with one attached hydrogen (secondary N) is 2. The summed E-state index contributed by atoms with van der Waals surface area (Å²) in [7, 11) is 0. The van der Waals surface area contributed by atoms with Gasteiger partial charge in [0.05, 0.1) is 18.2 Å². The summed E-state index contributed by atoms with van der Waals surface area (Å²) in [6.45, 7) is 7.72. The molecule has 0 aromatic carbocycles. The third kappa shape index (κ3) is 3.64. The number of nitrogens with zero attached hydrogens (tertiary/aromatic N) is 1. The predicted octanol–water partition coefficient (Wildman–Crippen LogP) is 2.97. The number of carbonyl (C=O) groups is 2. The molecule has 2 aliphatic rings. The highest BCUT2D eigenvalue weighted by molar-refractivity contribution is 7.10. The van der Waals surface area contributed by atoms with Crippen molar-refractivity contribution in [1.29, 1.82) is 0 Å². The van der Waals surface area contributed by atoms with Gasteiger partial charge in [0.1, 0.15) is 0 Å². The van der Waals surface area contributed by atoms with Crippen LogP contribution in [0.2, 0.25) is 0 Å². The molecule has 3 rings (SSSR count). The van der Waals surface area contributed by atoms with Crippen LogP contribution in [0.15, 0.2) is 22.7 Å². The first-order chi connectivity index (χ1) is 12.6. The van der Waals surface area contributed by atoms with E-state index in [1.54, 1.807) is 6.92 Å². The standard InChI is InChI=1S/C19H27N3O3S/c1-4-13-17(18(23)25-6-3)14(21-19(24)20-13)11-22-9-7-16-12(8-10-26-16)15(22)5-2/h8,10,13,15H,4-7,9,11H2,1-3H3,(H2,20,21,24). The minimum absolute atomic E-state index is 0.249. The molecule has 1 aromatic rings. The number of carbonyl (C=O) groups excluding carboxylic acids is 2. The molecule has 0 bridgehead atoms. The van der Waals surface area contributed by atoms with Crippen LogP contribution in [0.25, 0.3) is 0 Å². The van der Waals surface area contributed by atoms with Crippen LogP contribution in [0.3, 0.4) is 0 Å². The normalized spacial score (nSPS) is 23.3. The number of rotatable bonds is 6. The zero-order valence-corrected chi connectivity index (χ0v) is 16.4. The second-order valence-corrected chi connectivity index (χ2v) is 7.62. The predicted molar refractivity (Wildman–Crippen MR) is 102 cm³/mol. The minimum atomic E-state index is -0.344. The molecule has 2 amide bonds. The van der Waals surface area contributed by atoms with Gasteiger partial charge >= 0.3 is 12.0 Å². The van der Waals surface area contributed by atoms with E-state index in [1.165, 1.54) is 10.4 Å². The summed E-state index contributed by atoms with van der Waals surface area (Å²) in [5, 5.41) is 7.86. The average Bonchev–Trinajstić information content (AvgIpc) is 3.09. The number of ether oxygens (including phenoxy) is 1. The fraction of sp³-hybridized carbons (Fsp3) is 0.579. The topological polar surface area (TPSA) is 70.7 Å². The summed E-state index contributed by atoms with van der Waals surface area (Å²) >= 11 is 1.82. The highest BCUT2D eigenvalue weighted by atomic mass is 32.1. The number of fused-ring (bicyclic) bond motifs is 1. The SMILES string of the molecule is CCOC(=O)C1=C(CN2CCc3sccc3C2CC)NC(=O)NC1CC. The van der Waals surface area contributed by atoms with Gasteiger partial charge in [0.2, 0.25) is 0 Å². The van der Waals surface area contributed by atoms with Crippen LogP contribution >= 0.6 is 11.3 Å². The minimum Gasteiger partial charge on any atom is -0.463 e. The van der Waals surface area contributed by atoms with Crippen molar-refractivity contribution in [2.45, 2.75) is 52.1 Å². The van der Waals surface area contributed by atoms with Crippen molar-refractivity contribution in [3.63, 3.8) is 0 Å². The highest BCUT2D eigenvalue weighted by Crippen LogP contribution is 2.35. The van der Waals surface area contributed by atoms with E-state index in [9.17, 15) is 9.59 Å². The Kier molecular flexibility index (Phi) is 5.98. The number of esters is 1. The summed E-state index contributed by atoms with van der Waals surface area (Å²) in [4.78, 5) is 28.5. The van der Waals surface area contributed by atoms with Gasteiger partial charge in [-0.25, -0.2) is 9.59 Å². The van der Waals surface area contributed by atoms with Gasteiger partial charge in [-0.3, -0.25) is 4.90 Å². The molecule has 142 valence electrons. The largest absolute Gasteiger partial charge is 0.463 e. The van der Waals surface area contributed by atoms with Gasteiger partial charge in [0.25, 0.3) is 0 Å². The van der Waals surface area contributed by atoms with Crippen LogP contribution in [-0.4, -0.2) is 42.6 Å². The van der Waals surface area contributed by atoms with E-state index in [2.05, 4.69) is 33.9 Å². The first-order valence-electron chi connectivity index (χ1n) is 9.36. The number of hydrogen-bond acceptors (Lipinski definition) is 5. The highest BCUT2D eigenvalue weighted by Gasteiger charge is 2.34. The summed E-state index contributed by atoms with van der Waals surface area (Å²) in [6, 6.07) is 1.96. The van der Waals surface area contributed by atoms with Crippen molar-refractivity contribution in [3.8, 4) is 0 Å². The first-order valence-corrected chi connectivity index (χ1v) is 10.2. The van der Waals surface area contributed by atoms with E-state index in [0.29, 0.717) is 36.9 Å². The number of thiophene rings is 1. The van der Waals surface area contributed by atoms with Crippen LogP contribution < -0.4 is 10.6 Å². The van der Waals surface area contributed by atoms with Crippen molar-refractivity contribution in [2.24, 2.45) is 0 Å². The van der Waals surface area contributed by atoms with Crippen molar-refractivity contribution >= 4 is 23.3 Å². The Morgan fingerprint density at radius 1 is 1.35 bits per heavy atom. The number of urea groups is 1. The van der Waals surface area contributed by atoms with Crippen molar-refractivity contribution in [2.75, 3.05) is 19.7 Å². The third-order valence-electron chi connectivity index (χ3n) is 5.10. The second-order valence-electron chi connectivity index (χ2n) is 6.62. The van der Waals surface area contributed by atoms with E-state index in [4.69, 9.17) is 4.74 Å². The molecular weight excluding hydrogens is 350 g/mol. The van der Waals surface area contributed by atoms with E-state index < -0.39 is 0 Å². The Morgan fingerprint density at radius 2 is 2.15 bits per heavy atom. The molecular formula is C19H27N3O3S. The molecule has 0 fully saturated rings. The molecule has 7 heteroatoms. The Hall–Kier alpha value is -1.86. The molecule has 2 atom stereocenters. The molecule has 1 aromatic heterocycles. The van der Waals surface area contributed by atoms with Crippen LogP contribution in [0.1, 0.15) is 50.1 Å². The zero-order chi connectivity index (χ0) is 18.7. The molecule has 2 N–H and O–H groups in total. The summed E-state index contributed by atoms with van der Waals surface area (Å²) in [6.07, 6.45) is 2.65. The number of hydrogen-bond donors (Lipinski definition) is 2. The summed E-state index contributed by atoms with van der Waals surface area (Å²) < 4.78 is 5.26. The molecule has 0 radical (unpaired) electrons. The number of amides is 2. The maximum Gasteiger partial charge on any atom is 0.337 e. The van der Waals surface area contributed by atoms with E-state index in [0.717, 1.165) is 19.4 Å². The van der Waals surface area contributed by atoms with Gasteiger partial charge in [0, 0.05) is 29.7 Å². The Morgan fingerprint density at radius 3 is 2.85 bits per heavy atom. The van der Waals surface area contributed by atoms with Gasteiger partial charge in [-0.15, -0.1) is 11.3 Å². The maximum absolute atomic E-state index is 12.5. The second kappa shape index (κ2) is 8.22. The fourth-order valence-corrected chi connectivity index (χ4v) is 4.83. The third-order valence-corrected chi connectivity index (χ3v) is 6.10. The molecule has 2 unspecified atom stereocenters. The molecule has 6 nitrogen and oxygen atoms in total. The smallest absolute Gasteiger partial charge is 0.337 e. The lowest BCUT2D eigenvalue weighted by molar-refractivity contribution is -0.139. The zero-order valence-electron chi connectivity index (χ0n) is 15.6. The van der Waals surface area contributed by atoms with E-state index in [-0.39, 0.29) is 18.0 Å². The summed E-state index contributed by atoms with van der Waals surface area (Å²) in [5.41, 5.74) is 2.62. The van der Waals surface area contributed by atoms with Crippen LogP contribution in [0.5, 0.6) is 0 Å². The summed E-state index contributed by atoms with van der Waals surface area (Å²) in [5.74, 6) is -0.344. The van der Waals surface area contributed by atoms with Gasteiger partial charge in [-0.2, -0.15) is 0 Å². The van der Waals surface area contributed by atoms with Crippen LogP contribution in [-0.2, 0) is 16.0 Å². The average molecular weight is 378 g/mol. The maximum atomic E-state index is 12.5. The molecule has 0 aliphatic carbocycles. The first kappa shape index (κ1) is 18.9. The van der Waals surface area contributed by atoms with Gasteiger partial charge in [-0.05, 0) is 43.2 Å². The van der Waals surface area contributed by atoms with E-state index in [1.807, 2.05) is 18.3 Å². The lowest BCUT2D eigenvalue weighted by atomic mass is 9.95. The van der Waals surface area contributed by atoms with Crippen LogP contribution in [0, 0.1) is 0 Å². The van der Waals surface area contributed by atoms with E-state index >= 15 is 0 Å². The van der Waals surface area contributed by atoms with Crippen molar-refractivity contribution < 1.29 is 14.3 Å². The van der Waals surface area contributed by atoms with Crippen LogP contribution in [0.4, 0.5) is 4.79 Å². The molecule has 0 saturated carbocycles. The quantitative estimate of drug-likeness (QED) is 0.748. The molecule has 0 saturated heterocycles. The lowest BCUT2D eigenvalue weighted by Gasteiger charge is -2.38. The molecule has 2 aliphatic heterocycles. The Bertz CT molecular complexity index is 713. The van der Waals surface area contributed by atoms with Gasteiger partial charge < -0.3 is 15.4 Å². The van der Waals surface area contributed by atoms with Crippen molar-refractivity contribution in [3.05, 3.63) is 33.2 Å². The van der Waals surface area contributed by atoms with Gasteiger partial charge in [-0.1, -0.05) is 13.8 Å². The Balaban J connectivity index is 1.91. The van der Waals surface area contributed by atoms with Crippen molar-refractivity contribution in [1.82, 2.24) is 15.5 Å². The molecule has 26 heavy (non-hydrogen) atoms. The molecule has 3 heterocycles. The van der Waals surface area contributed by atoms with Gasteiger partial charge in [0.15, 0.2) is 0 Å². The fourth-order valence-electron chi connectivity index (χ4n) is 3.91. The molecule has 0 spiro atoms. The monoisotopic (exact) mass is 377 g/mol.